The standard InChI is InChI=1S/C13H16N4OS.CH4O3S/c14-7-9-2-1-3-10(6-9)12-15-16-13(18)11-8-19-5-4-17(11)12;1-5(2,3)4/h1-3,6,11H,4-5,7-8,14H2,(H,16,18);1H3,(H,2,3,4). The van der Waals surface area contributed by atoms with Gasteiger partial charge >= 0.3 is 0 Å². The van der Waals surface area contributed by atoms with Crippen LogP contribution in [0.1, 0.15) is 11.1 Å². The van der Waals surface area contributed by atoms with Crippen molar-refractivity contribution in [2.24, 2.45) is 10.8 Å². The molecule has 0 aromatic heterocycles. The summed E-state index contributed by atoms with van der Waals surface area (Å²) < 4.78 is 25.9. The van der Waals surface area contributed by atoms with Crippen LogP contribution in [-0.4, -0.2) is 60.0 Å². The van der Waals surface area contributed by atoms with Crippen molar-refractivity contribution in [1.82, 2.24) is 10.3 Å². The molecule has 1 aromatic rings. The van der Waals surface area contributed by atoms with E-state index in [0.29, 0.717) is 12.8 Å². The van der Waals surface area contributed by atoms with Crippen molar-refractivity contribution in [1.29, 1.82) is 0 Å². The van der Waals surface area contributed by atoms with E-state index in [-0.39, 0.29) is 11.9 Å². The number of amidine groups is 1. The molecule has 1 aromatic carbocycles. The molecule has 132 valence electrons. The highest BCUT2D eigenvalue weighted by Gasteiger charge is 2.35. The number of nitrogens with zero attached hydrogens (tertiary/aromatic N) is 2. The number of hydrogen-bond donors (Lipinski definition) is 3. The van der Waals surface area contributed by atoms with Crippen LogP contribution < -0.4 is 11.2 Å². The molecule has 4 N–H and O–H groups in total. The number of hydrogen-bond acceptors (Lipinski definition) is 7. The Morgan fingerprint density at radius 3 is 2.88 bits per heavy atom. The lowest BCUT2D eigenvalue weighted by molar-refractivity contribution is -0.125. The predicted octanol–water partition coefficient (Wildman–Crippen LogP) is -0.142. The minimum absolute atomic E-state index is 0.00840. The van der Waals surface area contributed by atoms with Crippen LogP contribution in [0, 0.1) is 0 Å². The monoisotopic (exact) mass is 372 g/mol. The van der Waals surface area contributed by atoms with Crippen LogP contribution in [0.2, 0.25) is 0 Å². The lowest BCUT2D eigenvalue weighted by Crippen LogP contribution is -2.57. The molecule has 1 saturated heterocycles. The zero-order chi connectivity index (χ0) is 17.7. The van der Waals surface area contributed by atoms with Gasteiger partial charge in [-0.2, -0.15) is 25.3 Å². The Kier molecular flexibility index (Phi) is 6.21. The summed E-state index contributed by atoms with van der Waals surface area (Å²) in [6.07, 6.45) is 0.715. The Bertz CT molecular complexity index is 728. The highest BCUT2D eigenvalue weighted by molar-refractivity contribution is 7.99. The van der Waals surface area contributed by atoms with Gasteiger partial charge in [0.2, 0.25) is 0 Å². The second-order valence-electron chi connectivity index (χ2n) is 5.33. The van der Waals surface area contributed by atoms with Gasteiger partial charge in [0.05, 0.1) is 6.26 Å². The van der Waals surface area contributed by atoms with Gasteiger partial charge in [-0.1, -0.05) is 18.2 Å². The van der Waals surface area contributed by atoms with Crippen molar-refractivity contribution < 1.29 is 17.8 Å². The predicted molar refractivity (Wildman–Crippen MR) is 94.3 cm³/mol. The summed E-state index contributed by atoms with van der Waals surface area (Å²) in [5.74, 6) is 2.69. The fourth-order valence-electron chi connectivity index (χ4n) is 2.39. The van der Waals surface area contributed by atoms with E-state index in [1.807, 2.05) is 36.0 Å². The van der Waals surface area contributed by atoms with Gasteiger partial charge in [0.1, 0.15) is 6.04 Å². The first-order valence-corrected chi connectivity index (χ1v) is 10.2. The van der Waals surface area contributed by atoms with Crippen LogP contribution in [-0.2, 0) is 21.5 Å². The molecule has 10 heteroatoms. The van der Waals surface area contributed by atoms with E-state index in [1.165, 1.54) is 0 Å². The van der Waals surface area contributed by atoms with Gasteiger partial charge in [-0.3, -0.25) is 9.35 Å². The summed E-state index contributed by atoms with van der Waals surface area (Å²) in [5, 5.41) is 4.23. The van der Waals surface area contributed by atoms with E-state index in [4.69, 9.17) is 10.3 Å². The molecule has 1 amide bonds. The lowest BCUT2D eigenvalue weighted by atomic mass is 10.1. The number of amides is 1. The van der Waals surface area contributed by atoms with Crippen LogP contribution in [0.3, 0.4) is 0 Å². The third-order valence-corrected chi connectivity index (χ3v) is 4.42. The highest BCUT2D eigenvalue weighted by atomic mass is 32.2. The Morgan fingerprint density at radius 2 is 2.21 bits per heavy atom. The zero-order valence-electron chi connectivity index (χ0n) is 13.2. The maximum Gasteiger partial charge on any atom is 0.263 e. The molecule has 0 bridgehead atoms. The van der Waals surface area contributed by atoms with E-state index in [1.54, 1.807) is 0 Å². The molecule has 2 aliphatic heterocycles. The normalized spacial score (nSPS) is 20.3. The molecule has 1 unspecified atom stereocenters. The van der Waals surface area contributed by atoms with Crippen LogP contribution in [0.4, 0.5) is 0 Å². The minimum atomic E-state index is -3.67. The molecule has 0 aliphatic carbocycles. The minimum Gasteiger partial charge on any atom is -0.341 e. The van der Waals surface area contributed by atoms with E-state index in [9.17, 15) is 13.2 Å². The first-order valence-electron chi connectivity index (χ1n) is 7.23. The van der Waals surface area contributed by atoms with Gasteiger partial charge in [-0.25, -0.2) is 5.43 Å². The van der Waals surface area contributed by atoms with Crippen molar-refractivity contribution >= 4 is 33.6 Å². The Morgan fingerprint density at radius 1 is 1.50 bits per heavy atom. The maximum atomic E-state index is 11.8. The van der Waals surface area contributed by atoms with Crippen LogP contribution in [0.5, 0.6) is 0 Å². The van der Waals surface area contributed by atoms with Gasteiger partial charge in [0.15, 0.2) is 5.84 Å². The number of nitrogens with one attached hydrogen (secondary N) is 1. The third-order valence-electron chi connectivity index (χ3n) is 3.40. The Hall–Kier alpha value is -1.62. The fourth-order valence-corrected chi connectivity index (χ4v) is 3.44. The van der Waals surface area contributed by atoms with Crippen molar-refractivity contribution in [3.05, 3.63) is 35.4 Å². The first-order chi connectivity index (χ1) is 11.3. The van der Waals surface area contributed by atoms with Gasteiger partial charge in [0.25, 0.3) is 16.0 Å². The number of rotatable bonds is 2. The van der Waals surface area contributed by atoms with Crippen LogP contribution >= 0.6 is 11.8 Å². The molecule has 0 radical (unpaired) electrons. The highest BCUT2D eigenvalue weighted by Crippen LogP contribution is 2.22. The second kappa shape index (κ2) is 7.97. The topological polar surface area (TPSA) is 125 Å². The third kappa shape index (κ3) is 5.20. The van der Waals surface area contributed by atoms with Crippen molar-refractivity contribution in [2.75, 3.05) is 24.3 Å². The summed E-state index contributed by atoms with van der Waals surface area (Å²) in [5.41, 5.74) is 10.4. The molecule has 0 spiro atoms. The molecule has 1 atom stereocenters. The van der Waals surface area contributed by atoms with Gasteiger partial charge in [0, 0.05) is 30.2 Å². The molecule has 8 nitrogen and oxygen atoms in total. The van der Waals surface area contributed by atoms with Crippen molar-refractivity contribution in [2.45, 2.75) is 12.6 Å². The summed E-state index contributed by atoms with van der Waals surface area (Å²) in [6, 6.07) is 7.91. The van der Waals surface area contributed by atoms with Crippen LogP contribution in [0.15, 0.2) is 29.4 Å². The van der Waals surface area contributed by atoms with E-state index < -0.39 is 10.1 Å². The number of fused-ring (bicyclic) bond motifs is 1. The van der Waals surface area contributed by atoms with Crippen molar-refractivity contribution in [3.8, 4) is 0 Å². The Balaban J connectivity index is 0.000000368. The molecule has 1 fully saturated rings. The average molecular weight is 372 g/mol. The fraction of sp³-hybridized carbons (Fsp3) is 0.429. The molecule has 24 heavy (non-hydrogen) atoms. The second-order valence-corrected chi connectivity index (χ2v) is 7.95. The first kappa shape index (κ1) is 18.7. The summed E-state index contributed by atoms with van der Waals surface area (Å²) in [7, 11) is -3.67. The number of carbonyl (C=O) groups excluding carboxylic acids is 1. The van der Waals surface area contributed by atoms with Crippen LogP contribution in [0.25, 0.3) is 0 Å². The molecular weight excluding hydrogens is 352 g/mol. The number of nitrogens with two attached hydrogens (primary N) is 1. The average Bonchev–Trinajstić information content (AvgIpc) is 2.54. The van der Waals surface area contributed by atoms with Gasteiger partial charge in [-0.05, 0) is 11.6 Å². The van der Waals surface area contributed by atoms with Gasteiger partial charge in [-0.15, -0.1) is 0 Å². The Labute approximate surface area is 145 Å². The largest absolute Gasteiger partial charge is 0.341 e. The molecule has 2 heterocycles. The molecule has 2 aliphatic rings. The summed E-state index contributed by atoms with van der Waals surface area (Å²) in [6.45, 7) is 1.36. The molecule has 0 saturated carbocycles. The van der Waals surface area contributed by atoms with E-state index in [2.05, 4.69) is 15.4 Å². The number of thioether (sulfide) groups is 1. The smallest absolute Gasteiger partial charge is 0.263 e. The number of benzene rings is 1. The van der Waals surface area contributed by atoms with Crippen molar-refractivity contribution in [3.63, 3.8) is 0 Å². The maximum absolute atomic E-state index is 11.8. The number of carbonyl (C=O) groups is 1. The lowest BCUT2D eigenvalue weighted by Gasteiger charge is -2.38. The quantitative estimate of drug-likeness (QED) is 0.617. The molecular formula is C14H20N4O4S2. The SMILES string of the molecule is CS(=O)(=O)O.NCc1cccc(C2=NNC(=O)C3CSCCN23)c1. The van der Waals surface area contributed by atoms with E-state index >= 15 is 0 Å². The van der Waals surface area contributed by atoms with Gasteiger partial charge < -0.3 is 10.6 Å². The number of hydrazone groups is 1. The summed E-state index contributed by atoms with van der Waals surface area (Å²) >= 11 is 1.81. The zero-order valence-corrected chi connectivity index (χ0v) is 14.8. The van der Waals surface area contributed by atoms with E-state index in [0.717, 1.165) is 35.0 Å². The summed E-state index contributed by atoms with van der Waals surface area (Å²) in [4.78, 5) is 13.9. The molecule has 3 rings (SSSR count).